The van der Waals surface area contributed by atoms with Gasteiger partial charge in [0.2, 0.25) is 0 Å². The zero-order valence-corrected chi connectivity index (χ0v) is 14.9. The first-order valence-corrected chi connectivity index (χ1v) is 8.69. The van der Waals surface area contributed by atoms with E-state index >= 15 is 0 Å². The number of carbonyl (C=O) groups is 1. The second-order valence-corrected chi connectivity index (χ2v) is 6.78. The van der Waals surface area contributed by atoms with E-state index in [-0.39, 0.29) is 23.7 Å². The number of nitro groups is 1. The lowest BCUT2D eigenvalue weighted by Crippen LogP contribution is -2.35. The molecule has 0 bridgehead atoms. The maximum Gasteiger partial charge on any atom is 0.273 e. The molecule has 0 saturated carbocycles. The van der Waals surface area contributed by atoms with Gasteiger partial charge in [-0.1, -0.05) is 30.3 Å². The molecule has 0 aliphatic carbocycles. The first-order valence-electron chi connectivity index (χ1n) is 8.69. The molecule has 4 rings (SSSR count). The topological polar surface area (TPSA) is 92.1 Å². The SMILES string of the molecule is CC(C)N1C(=O)c2[nH]nc(-c3ccccc3)c2C1c1ccc([N+](=O)[O-])cc1. The van der Waals surface area contributed by atoms with Crippen LogP contribution in [-0.4, -0.2) is 32.0 Å². The minimum atomic E-state index is -0.428. The maximum absolute atomic E-state index is 13.0. The Labute approximate surface area is 155 Å². The van der Waals surface area contributed by atoms with E-state index in [0.717, 1.165) is 22.4 Å². The van der Waals surface area contributed by atoms with E-state index < -0.39 is 4.92 Å². The summed E-state index contributed by atoms with van der Waals surface area (Å²) in [5.74, 6) is -0.113. The zero-order chi connectivity index (χ0) is 19.1. The Morgan fingerprint density at radius 1 is 1.11 bits per heavy atom. The van der Waals surface area contributed by atoms with Crippen LogP contribution >= 0.6 is 0 Å². The van der Waals surface area contributed by atoms with E-state index in [9.17, 15) is 14.9 Å². The third-order valence-electron chi connectivity index (χ3n) is 4.83. The monoisotopic (exact) mass is 362 g/mol. The first-order chi connectivity index (χ1) is 13.0. The number of hydrogen-bond acceptors (Lipinski definition) is 4. The standard InChI is InChI=1S/C20H18N4O3/c1-12(2)23-19(14-8-10-15(11-9-14)24(26)27)16-17(13-6-4-3-5-7-13)21-22-18(16)20(23)25/h3-12,19H,1-2H3,(H,21,22). The van der Waals surface area contributed by atoms with Crippen molar-refractivity contribution in [3.63, 3.8) is 0 Å². The highest BCUT2D eigenvalue weighted by Crippen LogP contribution is 2.43. The minimum absolute atomic E-state index is 0.0230. The highest BCUT2D eigenvalue weighted by Gasteiger charge is 2.43. The second-order valence-electron chi connectivity index (χ2n) is 6.78. The van der Waals surface area contributed by atoms with Gasteiger partial charge in [-0.15, -0.1) is 0 Å². The van der Waals surface area contributed by atoms with Crippen LogP contribution in [0, 0.1) is 10.1 Å². The van der Waals surface area contributed by atoms with E-state index in [4.69, 9.17) is 0 Å². The number of hydrogen-bond donors (Lipinski definition) is 1. The molecule has 7 heteroatoms. The Balaban J connectivity index is 1.88. The summed E-state index contributed by atoms with van der Waals surface area (Å²) in [5, 5.41) is 18.3. The molecule has 1 N–H and O–H groups in total. The van der Waals surface area contributed by atoms with Crippen LogP contribution in [0.25, 0.3) is 11.3 Å². The maximum atomic E-state index is 13.0. The summed E-state index contributed by atoms with van der Waals surface area (Å²) in [5.41, 5.74) is 3.78. The Bertz CT molecular complexity index is 1010. The number of benzene rings is 2. The lowest BCUT2D eigenvalue weighted by Gasteiger charge is -2.29. The molecule has 0 radical (unpaired) electrons. The average molecular weight is 362 g/mol. The highest BCUT2D eigenvalue weighted by atomic mass is 16.6. The van der Waals surface area contributed by atoms with Gasteiger partial charge < -0.3 is 4.90 Å². The molecule has 2 heterocycles. The molecule has 27 heavy (non-hydrogen) atoms. The average Bonchev–Trinajstić information content (AvgIpc) is 3.21. The number of amides is 1. The Hall–Kier alpha value is -3.48. The molecule has 3 aromatic rings. The van der Waals surface area contributed by atoms with Crippen LogP contribution in [0.2, 0.25) is 0 Å². The fraction of sp³-hybridized carbons (Fsp3) is 0.200. The molecule has 2 aromatic carbocycles. The molecule has 1 aliphatic rings. The highest BCUT2D eigenvalue weighted by molar-refractivity contribution is 6.00. The van der Waals surface area contributed by atoms with E-state index in [1.807, 2.05) is 44.2 Å². The van der Waals surface area contributed by atoms with Gasteiger partial charge in [0.1, 0.15) is 5.69 Å². The van der Waals surface area contributed by atoms with E-state index in [0.29, 0.717) is 5.69 Å². The van der Waals surface area contributed by atoms with E-state index in [1.54, 1.807) is 17.0 Å². The molecule has 1 amide bonds. The zero-order valence-electron chi connectivity index (χ0n) is 14.9. The van der Waals surface area contributed by atoms with Gasteiger partial charge in [0, 0.05) is 29.3 Å². The summed E-state index contributed by atoms with van der Waals surface area (Å²) < 4.78 is 0. The van der Waals surface area contributed by atoms with Gasteiger partial charge in [0.15, 0.2) is 0 Å². The Kier molecular flexibility index (Phi) is 3.99. The number of nitrogens with one attached hydrogen (secondary N) is 1. The van der Waals surface area contributed by atoms with E-state index in [1.165, 1.54) is 12.1 Å². The molecular formula is C20H18N4O3. The van der Waals surface area contributed by atoms with Gasteiger partial charge in [-0.3, -0.25) is 20.0 Å². The summed E-state index contributed by atoms with van der Waals surface area (Å²) in [6.45, 7) is 3.91. The Morgan fingerprint density at radius 2 is 1.78 bits per heavy atom. The molecule has 1 unspecified atom stereocenters. The van der Waals surface area contributed by atoms with Crippen molar-refractivity contribution >= 4 is 11.6 Å². The van der Waals surface area contributed by atoms with Crippen LogP contribution in [-0.2, 0) is 0 Å². The summed E-state index contributed by atoms with van der Waals surface area (Å²) in [4.78, 5) is 25.3. The number of carbonyl (C=O) groups excluding carboxylic acids is 1. The second kappa shape index (κ2) is 6.35. The lowest BCUT2D eigenvalue weighted by atomic mass is 9.95. The van der Waals surface area contributed by atoms with Crippen molar-refractivity contribution in [2.45, 2.75) is 25.9 Å². The number of aromatic amines is 1. The van der Waals surface area contributed by atoms with Crippen molar-refractivity contribution in [2.75, 3.05) is 0 Å². The summed E-state index contributed by atoms with van der Waals surface area (Å²) in [7, 11) is 0. The van der Waals surface area contributed by atoms with Crippen molar-refractivity contribution in [1.82, 2.24) is 15.1 Å². The largest absolute Gasteiger partial charge is 0.324 e. The first kappa shape index (κ1) is 17.0. The van der Waals surface area contributed by atoms with Crippen molar-refractivity contribution in [3.8, 4) is 11.3 Å². The van der Waals surface area contributed by atoms with Gasteiger partial charge in [-0.25, -0.2) is 0 Å². The number of non-ortho nitro benzene ring substituents is 1. The van der Waals surface area contributed by atoms with Crippen LogP contribution in [0.3, 0.4) is 0 Å². The summed E-state index contributed by atoms with van der Waals surface area (Å²) in [6.07, 6.45) is 0. The number of rotatable bonds is 4. The number of H-pyrrole nitrogens is 1. The third-order valence-corrected chi connectivity index (χ3v) is 4.83. The molecule has 0 fully saturated rings. The van der Waals surface area contributed by atoms with E-state index in [2.05, 4.69) is 10.2 Å². The minimum Gasteiger partial charge on any atom is -0.324 e. The molecule has 0 saturated heterocycles. The lowest BCUT2D eigenvalue weighted by molar-refractivity contribution is -0.384. The van der Waals surface area contributed by atoms with Crippen molar-refractivity contribution in [1.29, 1.82) is 0 Å². The van der Waals surface area contributed by atoms with Gasteiger partial charge in [-0.05, 0) is 31.5 Å². The van der Waals surface area contributed by atoms with Crippen molar-refractivity contribution in [3.05, 3.63) is 81.5 Å². The normalized spacial score (nSPS) is 16.0. The summed E-state index contributed by atoms with van der Waals surface area (Å²) >= 11 is 0. The molecule has 1 atom stereocenters. The van der Waals surface area contributed by atoms with Crippen LogP contribution in [0.1, 0.15) is 41.5 Å². The van der Waals surface area contributed by atoms with Crippen LogP contribution < -0.4 is 0 Å². The number of nitrogens with zero attached hydrogens (tertiary/aromatic N) is 3. The number of nitro benzene ring substituents is 1. The van der Waals surface area contributed by atoms with Crippen LogP contribution in [0.4, 0.5) is 5.69 Å². The molecule has 7 nitrogen and oxygen atoms in total. The number of fused-ring (bicyclic) bond motifs is 1. The predicted molar refractivity (Wildman–Crippen MR) is 100 cm³/mol. The fourth-order valence-electron chi connectivity index (χ4n) is 3.62. The van der Waals surface area contributed by atoms with Crippen molar-refractivity contribution < 1.29 is 9.72 Å². The van der Waals surface area contributed by atoms with Crippen molar-refractivity contribution in [2.24, 2.45) is 0 Å². The predicted octanol–water partition coefficient (Wildman–Crippen LogP) is 3.94. The quantitative estimate of drug-likeness (QED) is 0.562. The third kappa shape index (κ3) is 2.68. The fourth-order valence-corrected chi connectivity index (χ4v) is 3.62. The summed E-state index contributed by atoms with van der Waals surface area (Å²) in [6, 6.07) is 15.7. The Morgan fingerprint density at radius 3 is 2.37 bits per heavy atom. The molecule has 136 valence electrons. The number of aromatic nitrogens is 2. The van der Waals surface area contributed by atoms with Crippen LogP contribution in [0.15, 0.2) is 54.6 Å². The van der Waals surface area contributed by atoms with Gasteiger partial charge in [0.05, 0.1) is 16.7 Å². The molecule has 1 aliphatic heterocycles. The van der Waals surface area contributed by atoms with Gasteiger partial charge >= 0.3 is 0 Å². The van der Waals surface area contributed by atoms with Crippen LogP contribution in [0.5, 0.6) is 0 Å². The van der Waals surface area contributed by atoms with Gasteiger partial charge in [-0.2, -0.15) is 5.10 Å². The smallest absolute Gasteiger partial charge is 0.273 e. The molecular weight excluding hydrogens is 344 g/mol. The molecule has 0 spiro atoms. The molecule has 1 aromatic heterocycles. The van der Waals surface area contributed by atoms with Gasteiger partial charge in [0.25, 0.3) is 11.6 Å².